The molecule has 3 rings (SSSR count). The molecule has 5 nitrogen and oxygen atoms in total. The Morgan fingerprint density at radius 3 is 2.73 bits per heavy atom. The van der Waals surface area contributed by atoms with E-state index < -0.39 is 11.6 Å². The van der Waals surface area contributed by atoms with E-state index in [0.717, 1.165) is 31.4 Å². The van der Waals surface area contributed by atoms with E-state index in [0.29, 0.717) is 26.2 Å². The molecule has 144 valence electrons. The molecule has 1 aliphatic carbocycles. The van der Waals surface area contributed by atoms with Crippen LogP contribution in [-0.4, -0.2) is 51.4 Å². The number of guanidine groups is 1. The van der Waals surface area contributed by atoms with E-state index in [-0.39, 0.29) is 11.7 Å². The minimum Gasteiger partial charge on any atom is -0.379 e. The highest BCUT2D eigenvalue weighted by Gasteiger charge is 2.27. The largest absolute Gasteiger partial charge is 0.379 e. The highest BCUT2D eigenvalue weighted by Crippen LogP contribution is 2.28. The van der Waals surface area contributed by atoms with E-state index in [9.17, 15) is 8.78 Å². The lowest BCUT2D eigenvalue weighted by atomic mass is 10.2. The predicted octanol–water partition coefficient (Wildman–Crippen LogP) is 2.53. The molecule has 0 amide bonds. The zero-order valence-corrected chi connectivity index (χ0v) is 15.3. The van der Waals surface area contributed by atoms with Crippen LogP contribution in [0.25, 0.3) is 0 Å². The minimum atomic E-state index is -0.515. The van der Waals surface area contributed by atoms with Crippen LogP contribution in [0.5, 0.6) is 0 Å². The number of benzene rings is 1. The molecule has 1 aromatic rings. The molecule has 2 fully saturated rings. The summed E-state index contributed by atoms with van der Waals surface area (Å²) in [6, 6.07) is 4.08. The van der Waals surface area contributed by atoms with E-state index in [1.165, 1.54) is 31.0 Å². The third kappa shape index (κ3) is 5.30. The number of hydrogen-bond acceptors (Lipinski definition) is 3. The van der Waals surface area contributed by atoms with Crippen LogP contribution in [0.4, 0.5) is 14.5 Å². The highest BCUT2D eigenvalue weighted by atomic mass is 19.1. The minimum absolute atomic E-state index is 0.0622. The van der Waals surface area contributed by atoms with Gasteiger partial charge < -0.3 is 20.3 Å². The normalized spacial score (nSPS) is 20.5. The molecule has 0 bridgehead atoms. The zero-order chi connectivity index (χ0) is 18.4. The van der Waals surface area contributed by atoms with Gasteiger partial charge >= 0.3 is 0 Å². The summed E-state index contributed by atoms with van der Waals surface area (Å²) in [5.41, 5.74) is 0.0622. The molecule has 1 unspecified atom stereocenters. The maximum atomic E-state index is 14.0. The summed E-state index contributed by atoms with van der Waals surface area (Å²) in [5, 5.41) is 6.58. The van der Waals surface area contributed by atoms with Gasteiger partial charge in [-0.1, -0.05) is 6.07 Å². The smallest absolute Gasteiger partial charge is 0.191 e. The average Bonchev–Trinajstić information content (AvgIpc) is 3.33. The van der Waals surface area contributed by atoms with Crippen molar-refractivity contribution in [2.45, 2.75) is 32.2 Å². The third-order valence-electron chi connectivity index (χ3n) is 4.68. The summed E-state index contributed by atoms with van der Waals surface area (Å²) < 4.78 is 33.5. The Kier molecular flexibility index (Phi) is 6.66. The topological polar surface area (TPSA) is 48.9 Å². The highest BCUT2D eigenvalue weighted by molar-refractivity contribution is 5.80. The summed E-state index contributed by atoms with van der Waals surface area (Å²) >= 11 is 0. The number of ether oxygens (including phenoxy) is 1. The molecule has 2 N–H and O–H groups in total. The molecule has 1 saturated carbocycles. The monoisotopic (exact) mass is 366 g/mol. The number of nitrogens with zero attached hydrogens (tertiary/aromatic N) is 2. The second-order valence-electron chi connectivity index (χ2n) is 6.93. The molecule has 1 saturated heterocycles. The Morgan fingerprint density at radius 2 is 2.04 bits per heavy atom. The maximum absolute atomic E-state index is 14.0. The third-order valence-corrected chi connectivity index (χ3v) is 4.68. The van der Waals surface area contributed by atoms with Gasteiger partial charge in [-0.05, 0) is 44.2 Å². The van der Waals surface area contributed by atoms with Crippen molar-refractivity contribution in [2.24, 2.45) is 10.9 Å². The Hall–Kier alpha value is -1.89. The number of nitrogens with one attached hydrogen (secondary N) is 2. The SMILES string of the molecule is CCNC(=NCCOCC1CC1)NC1CCN(c2c(F)cccc2F)C1. The molecule has 0 spiro atoms. The zero-order valence-electron chi connectivity index (χ0n) is 15.3. The van der Waals surface area contributed by atoms with E-state index in [1.807, 2.05) is 6.92 Å². The molecule has 0 radical (unpaired) electrons. The Bertz CT molecular complexity index is 601. The van der Waals surface area contributed by atoms with Gasteiger partial charge in [0.05, 0.1) is 13.2 Å². The lowest BCUT2D eigenvalue weighted by Gasteiger charge is -2.21. The van der Waals surface area contributed by atoms with Crippen molar-refractivity contribution >= 4 is 11.6 Å². The average molecular weight is 366 g/mol. The van der Waals surface area contributed by atoms with Gasteiger partial charge in [0, 0.05) is 32.3 Å². The van der Waals surface area contributed by atoms with Crippen molar-refractivity contribution in [3.63, 3.8) is 0 Å². The summed E-state index contributed by atoms with van der Waals surface area (Å²) in [4.78, 5) is 6.28. The van der Waals surface area contributed by atoms with E-state index in [4.69, 9.17) is 4.74 Å². The molecule has 26 heavy (non-hydrogen) atoms. The number of para-hydroxylation sites is 1. The van der Waals surface area contributed by atoms with Crippen LogP contribution in [0.3, 0.4) is 0 Å². The van der Waals surface area contributed by atoms with Gasteiger partial charge in [0.15, 0.2) is 5.96 Å². The Balaban J connectivity index is 1.49. The first-order valence-corrected chi connectivity index (χ1v) is 9.49. The van der Waals surface area contributed by atoms with Crippen LogP contribution >= 0.6 is 0 Å². The molecular formula is C19H28F2N4O. The standard InChI is InChI=1S/C19H28F2N4O/c1-2-22-19(23-9-11-26-13-14-6-7-14)24-15-8-10-25(12-15)18-16(20)4-3-5-17(18)21/h3-5,14-15H,2,6-13H2,1H3,(H2,22,23,24). The summed E-state index contributed by atoms with van der Waals surface area (Å²) in [6.45, 7) is 5.97. The lowest BCUT2D eigenvalue weighted by molar-refractivity contribution is 0.131. The van der Waals surface area contributed by atoms with Crippen LogP contribution in [0.15, 0.2) is 23.2 Å². The van der Waals surface area contributed by atoms with Crippen molar-refractivity contribution in [1.82, 2.24) is 10.6 Å². The number of anilines is 1. The fraction of sp³-hybridized carbons (Fsp3) is 0.632. The van der Waals surface area contributed by atoms with Crippen LogP contribution in [0.1, 0.15) is 26.2 Å². The molecule has 1 atom stereocenters. The number of halogens is 2. The van der Waals surface area contributed by atoms with Crippen LogP contribution < -0.4 is 15.5 Å². The molecule has 0 aromatic heterocycles. The fourth-order valence-corrected chi connectivity index (χ4v) is 3.14. The number of rotatable bonds is 8. The molecular weight excluding hydrogens is 338 g/mol. The van der Waals surface area contributed by atoms with Crippen molar-refractivity contribution in [1.29, 1.82) is 0 Å². The Morgan fingerprint density at radius 1 is 1.27 bits per heavy atom. The Labute approximate surface area is 153 Å². The molecule has 1 aliphatic heterocycles. The number of hydrogen-bond donors (Lipinski definition) is 2. The van der Waals surface area contributed by atoms with Crippen molar-refractivity contribution in [3.8, 4) is 0 Å². The maximum Gasteiger partial charge on any atom is 0.191 e. The van der Waals surface area contributed by atoms with Gasteiger partial charge in [-0.3, -0.25) is 4.99 Å². The van der Waals surface area contributed by atoms with Gasteiger partial charge in [0.2, 0.25) is 0 Å². The molecule has 2 aliphatic rings. The molecule has 7 heteroatoms. The van der Waals surface area contributed by atoms with Crippen LogP contribution in [0.2, 0.25) is 0 Å². The van der Waals surface area contributed by atoms with Crippen molar-refractivity contribution < 1.29 is 13.5 Å². The first kappa shape index (κ1) is 18.9. The first-order chi connectivity index (χ1) is 12.7. The van der Waals surface area contributed by atoms with Gasteiger partial charge in [-0.2, -0.15) is 0 Å². The lowest BCUT2D eigenvalue weighted by Crippen LogP contribution is -2.44. The van der Waals surface area contributed by atoms with Crippen LogP contribution in [-0.2, 0) is 4.74 Å². The van der Waals surface area contributed by atoms with Crippen molar-refractivity contribution in [2.75, 3.05) is 44.3 Å². The second kappa shape index (κ2) is 9.16. The van der Waals surface area contributed by atoms with Gasteiger partial charge in [-0.25, -0.2) is 8.78 Å². The van der Waals surface area contributed by atoms with E-state index in [1.54, 1.807) is 4.90 Å². The number of aliphatic imine (C=N–C) groups is 1. The van der Waals surface area contributed by atoms with Gasteiger partial charge in [0.25, 0.3) is 0 Å². The molecule has 1 aromatic carbocycles. The quantitative estimate of drug-likeness (QED) is 0.422. The van der Waals surface area contributed by atoms with E-state index in [2.05, 4.69) is 15.6 Å². The van der Waals surface area contributed by atoms with Crippen molar-refractivity contribution in [3.05, 3.63) is 29.8 Å². The summed E-state index contributed by atoms with van der Waals surface area (Å²) in [7, 11) is 0. The second-order valence-corrected chi connectivity index (χ2v) is 6.93. The predicted molar refractivity (Wildman–Crippen MR) is 99.6 cm³/mol. The first-order valence-electron chi connectivity index (χ1n) is 9.49. The van der Waals surface area contributed by atoms with Crippen LogP contribution in [0, 0.1) is 17.6 Å². The summed E-state index contributed by atoms with van der Waals surface area (Å²) in [6.07, 6.45) is 3.37. The van der Waals surface area contributed by atoms with Gasteiger partial charge in [0.1, 0.15) is 17.3 Å². The molecule has 1 heterocycles. The van der Waals surface area contributed by atoms with Gasteiger partial charge in [-0.15, -0.1) is 0 Å². The summed E-state index contributed by atoms with van der Waals surface area (Å²) in [5.74, 6) is 0.454. The van der Waals surface area contributed by atoms with E-state index >= 15 is 0 Å². The fourth-order valence-electron chi connectivity index (χ4n) is 3.14.